The molecule has 0 unspecified atom stereocenters. The van der Waals surface area contributed by atoms with Gasteiger partial charge in [-0.05, 0) is 30.8 Å². The summed E-state index contributed by atoms with van der Waals surface area (Å²) in [7, 11) is 5.60. The van der Waals surface area contributed by atoms with Crippen LogP contribution in [0.3, 0.4) is 0 Å². The summed E-state index contributed by atoms with van der Waals surface area (Å²) in [6, 6.07) is 16.7. The Morgan fingerprint density at radius 2 is 1.74 bits per heavy atom. The first-order valence-electron chi connectivity index (χ1n) is 8.99. The number of halogens is 1. The van der Waals surface area contributed by atoms with Crippen LogP contribution in [-0.4, -0.2) is 38.6 Å². The van der Waals surface area contributed by atoms with E-state index in [1.54, 1.807) is 14.2 Å². The number of ether oxygens (including phenoxy) is 1. The quantitative estimate of drug-likeness (QED) is 0.343. The molecule has 0 aliphatic rings. The maximum atomic E-state index is 5.39. The lowest BCUT2D eigenvalue weighted by Gasteiger charge is -2.16. The molecule has 0 bridgehead atoms. The van der Waals surface area contributed by atoms with Crippen LogP contribution < -0.4 is 15.4 Å². The van der Waals surface area contributed by atoms with Crippen molar-refractivity contribution in [3.8, 4) is 5.75 Å². The Balaban J connectivity index is 0.00000364. The van der Waals surface area contributed by atoms with Gasteiger partial charge in [0.15, 0.2) is 5.96 Å². The zero-order valence-electron chi connectivity index (χ0n) is 16.7. The largest absolute Gasteiger partial charge is 0.496 e. The van der Waals surface area contributed by atoms with Gasteiger partial charge in [-0.2, -0.15) is 0 Å². The summed E-state index contributed by atoms with van der Waals surface area (Å²) in [6.45, 7) is 5.57. The number of nitrogens with one attached hydrogen (secondary N) is 2. The Morgan fingerprint density at radius 1 is 1.04 bits per heavy atom. The number of guanidine groups is 1. The molecule has 0 radical (unpaired) electrons. The van der Waals surface area contributed by atoms with E-state index in [-0.39, 0.29) is 24.0 Å². The van der Waals surface area contributed by atoms with Crippen LogP contribution in [0.1, 0.15) is 23.6 Å². The molecule has 6 heteroatoms. The number of hydrogen-bond donors (Lipinski definition) is 2. The lowest BCUT2D eigenvalue weighted by molar-refractivity contribution is 0.345. The highest BCUT2D eigenvalue weighted by molar-refractivity contribution is 14.0. The Morgan fingerprint density at radius 3 is 2.44 bits per heavy atom. The van der Waals surface area contributed by atoms with Gasteiger partial charge in [0.05, 0.1) is 7.11 Å². The molecule has 2 aromatic rings. The summed E-state index contributed by atoms with van der Waals surface area (Å²) in [4.78, 5) is 6.60. The van der Waals surface area contributed by atoms with E-state index in [1.807, 2.05) is 24.3 Å². The summed E-state index contributed by atoms with van der Waals surface area (Å²) < 4.78 is 5.39. The molecule has 0 aliphatic carbocycles. The first kappa shape index (κ1) is 23.2. The molecule has 0 spiro atoms. The standard InChI is InChI=1S/C21H30N4O.HI/c1-5-25(3)16-18-10-8-9-17(13-18)14-23-21(22-2)24-15-19-11-6-7-12-20(19)26-4;/h6-13H,5,14-16H2,1-4H3,(H2,22,23,24);1H. The molecule has 148 valence electrons. The number of rotatable bonds is 8. The number of nitrogens with zero attached hydrogens (tertiary/aromatic N) is 2. The van der Waals surface area contributed by atoms with Crippen molar-refractivity contribution < 1.29 is 4.74 Å². The van der Waals surface area contributed by atoms with E-state index < -0.39 is 0 Å². The second kappa shape index (κ2) is 12.6. The normalized spacial score (nSPS) is 11.1. The monoisotopic (exact) mass is 482 g/mol. The van der Waals surface area contributed by atoms with Gasteiger partial charge in [-0.3, -0.25) is 4.99 Å². The maximum absolute atomic E-state index is 5.39. The Labute approximate surface area is 180 Å². The van der Waals surface area contributed by atoms with Gasteiger partial charge in [-0.25, -0.2) is 0 Å². The van der Waals surface area contributed by atoms with Gasteiger partial charge in [-0.1, -0.05) is 49.4 Å². The molecule has 2 N–H and O–H groups in total. The minimum absolute atomic E-state index is 0. The predicted molar refractivity (Wildman–Crippen MR) is 124 cm³/mol. The van der Waals surface area contributed by atoms with E-state index in [9.17, 15) is 0 Å². The van der Waals surface area contributed by atoms with Crippen molar-refractivity contribution in [3.05, 3.63) is 65.2 Å². The lowest BCUT2D eigenvalue weighted by atomic mass is 10.1. The molecular weight excluding hydrogens is 451 g/mol. The summed E-state index contributed by atoms with van der Waals surface area (Å²) in [6.07, 6.45) is 0. The first-order valence-corrected chi connectivity index (χ1v) is 8.99. The van der Waals surface area contributed by atoms with E-state index in [4.69, 9.17) is 4.74 Å². The van der Waals surface area contributed by atoms with E-state index in [2.05, 4.69) is 58.8 Å². The van der Waals surface area contributed by atoms with Gasteiger partial charge in [0.25, 0.3) is 0 Å². The van der Waals surface area contributed by atoms with Crippen LogP contribution in [0, 0.1) is 0 Å². The highest BCUT2D eigenvalue weighted by Gasteiger charge is 2.04. The second-order valence-electron chi connectivity index (χ2n) is 6.24. The number of benzene rings is 2. The van der Waals surface area contributed by atoms with Crippen molar-refractivity contribution in [1.29, 1.82) is 0 Å². The SMILES string of the molecule is CCN(C)Cc1cccc(CNC(=NC)NCc2ccccc2OC)c1.I. The zero-order valence-corrected chi connectivity index (χ0v) is 19.0. The minimum atomic E-state index is 0. The molecule has 0 heterocycles. The Hall–Kier alpha value is -1.80. The van der Waals surface area contributed by atoms with Gasteiger partial charge < -0.3 is 20.3 Å². The van der Waals surface area contributed by atoms with Crippen molar-refractivity contribution in [2.45, 2.75) is 26.6 Å². The van der Waals surface area contributed by atoms with Gasteiger partial charge in [0.2, 0.25) is 0 Å². The fraction of sp³-hybridized carbons (Fsp3) is 0.381. The molecule has 2 rings (SSSR count). The van der Waals surface area contributed by atoms with E-state index in [0.717, 1.165) is 36.9 Å². The smallest absolute Gasteiger partial charge is 0.191 e. The van der Waals surface area contributed by atoms with Crippen LogP contribution in [0.5, 0.6) is 5.75 Å². The van der Waals surface area contributed by atoms with E-state index in [0.29, 0.717) is 6.54 Å². The van der Waals surface area contributed by atoms with Crippen molar-refractivity contribution in [3.63, 3.8) is 0 Å². The predicted octanol–water partition coefficient (Wildman–Crippen LogP) is 3.63. The third-order valence-corrected chi connectivity index (χ3v) is 4.31. The molecule has 27 heavy (non-hydrogen) atoms. The fourth-order valence-corrected chi connectivity index (χ4v) is 2.70. The second-order valence-corrected chi connectivity index (χ2v) is 6.24. The number of hydrogen-bond acceptors (Lipinski definition) is 3. The third-order valence-electron chi connectivity index (χ3n) is 4.31. The Bertz CT molecular complexity index is 721. The van der Waals surface area contributed by atoms with Gasteiger partial charge in [0.1, 0.15) is 5.75 Å². The highest BCUT2D eigenvalue weighted by atomic mass is 127. The van der Waals surface area contributed by atoms with E-state index >= 15 is 0 Å². The molecule has 0 aliphatic heterocycles. The topological polar surface area (TPSA) is 48.9 Å². The minimum Gasteiger partial charge on any atom is -0.496 e. The average molecular weight is 482 g/mol. The summed E-state index contributed by atoms with van der Waals surface area (Å²) in [5.41, 5.74) is 3.67. The van der Waals surface area contributed by atoms with Crippen LogP contribution in [0.4, 0.5) is 0 Å². The number of methoxy groups -OCH3 is 1. The molecular formula is C21H31IN4O. The average Bonchev–Trinajstić information content (AvgIpc) is 2.68. The van der Waals surface area contributed by atoms with Crippen molar-refractivity contribution in [1.82, 2.24) is 15.5 Å². The summed E-state index contributed by atoms with van der Waals surface area (Å²) in [5.74, 6) is 1.65. The van der Waals surface area contributed by atoms with Gasteiger partial charge in [0, 0.05) is 32.2 Å². The molecule has 0 saturated heterocycles. The van der Waals surface area contributed by atoms with Crippen LogP contribution in [0.15, 0.2) is 53.5 Å². The molecule has 0 amide bonds. The molecule has 0 atom stereocenters. The maximum Gasteiger partial charge on any atom is 0.191 e. The number of aliphatic imine (C=N–C) groups is 1. The van der Waals surface area contributed by atoms with Crippen LogP contribution in [-0.2, 0) is 19.6 Å². The molecule has 2 aromatic carbocycles. The zero-order chi connectivity index (χ0) is 18.8. The third kappa shape index (κ3) is 7.76. The summed E-state index contributed by atoms with van der Waals surface area (Å²) in [5, 5.41) is 6.71. The lowest BCUT2D eigenvalue weighted by Crippen LogP contribution is -2.36. The number of para-hydroxylation sites is 1. The highest BCUT2D eigenvalue weighted by Crippen LogP contribution is 2.16. The van der Waals surface area contributed by atoms with Crippen molar-refractivity contribution >= 4 is 29.9 Å². The fourth-order valence-electron chi connectivity index (χ4n) is 2.70. The van der Waals surface area contributed by atoms with Crippen molar-refractivity contribution in [2.75, 3.05) is 27.7 Å². The van der Waals surface area contributed by atoms with Crippen molar-refractivity contribution in [2.24, 2.45) is 4.99 Å². The van der Waals surface area contributed by atoms with Crippen LogP contribution in [0.2, 0.25) is 0 Å². The van der Waals surface area contributed by atoms with Crippen LogP contribution in [0.25, 0.3) is 0 Å². The molecule has 5 nitrogen and oxygen atoms in total. The van der Waals surface area contributed by atoms with Gasteiger partial charge >= 0.3 is 0 Å². The Kier molecular flexibility index (Phi) is 10.8. The molecule has 0 aromatic heterocycles. The first-order chi connectivity index (χ1) is 12.7. The molecule has 0 fully saturated rings. The summed E-state index contributed by atoms with van der Waals surface area (Å²) >= 11 is 0. The van der Waals surface area contributed by atoms with Gasteiger partial charge in [-0.15, -0.1) is 24.0 Å². The van der Waals surface area contributed by atoms with E-state index in [1.165, 1.54) is 11.1 Å². The molecule has 0 saturated carbocycles. The van der Waals surface area contributed by atoms with Crippen LogP contribution >= 0.6 is 24.0 Å².